The van der Waals surface area contributed by atoms with Gasteiger partial charge >= 0.3 is 23.2 Å². The summed E-state index contributed by atoms with van der Waals surface area (Å²) in [6.07, 6.45) is 0.0125. The van der Waals surface area contributed by atoms with Crippen LogP contribution in [-0.2, 0) is 31.6 Å². The number of nitrogens with zero attached hydrogens (tertiary/aromatic N) is 3. The number of phosphoric ester groups is 1. The molecule has 2 aromatic heterocycles. The summed E-state index contributed by atoms with van der Waals surface area (Å²) in [5, 5.41) is 0. The van der Waals surface area contributed by atoms with E-state index in [0.29, 0.717) is 18.1 Å². The van der Waals surface area contributed by atoms with Crippen LogP contribution >= 0.6 is 23.2 Å². The summed E-state index contributed by atoms with van der Waals surface area (Å²) in [6, 6.07) is 0. The second-order valence-electron chi connectivity index (χ2n) is 7.46. The lowest BCUT2D eigenvalue weighted by atomic mass is 9.93. The molecule has 18 heteroatoms. The van der Waals surface area contributed by atoms with Gasteiger partial charge < -0.3 is 24.4 Å². The highest BCUT2D eigenvalue weighted by atomic mass is 31.3. The van der Waals surface area contributed by atoms with E-state index in [-0.39, 0.29) is 17.4 Å². The summed E-state index contributed by atoms with van der Waals surface area (Å²) in [7, 11) is -15.0. The molecule has 0 bridgehead atoms. The molecule has 0 aromatic carbocycles. The molecule has 180 valence electrons. The lowest BCUT2D eigenvalue weighted by Crippen LogP contribution is -2.21. The average molecular weight is 516 g/mol. The summed E-state index contributed by atoms with van der Waals surface area (Å²) in [5.41, 5.74) is 0.0283. The van der Waals surface area contributed by atoms with Crippen molar-refractivity contribution in [2.45, 2.75) is 33.1 Å². The van der Waals surface area contributed by atoms with Gasteiger partial charge in [-0.3, -0.25) is 18.5 Å². The van der Waals surface area contributed by atoms with E-state index in [0.717, 1.165) is 0 Å². The SMILES string of the molecule is Cc1nc2c(ncn2[C@@H]2O[C@H](COP(=O)(O)OP(=O)(O)OP(C)(=O)O)[C@@H](C)[C@H]2C)c(=O)[nH]1. The summed E-state index contributed by atoms with van der Waals surface area (Å²) < 4.78 is 55.0. The van der Waals surface area contributed by atoms with Crippen molar-refractivity contribution in [2.75, 3.05) is 13.3 Å². The maximum atomic E-state index is 12.1. The second kappa shape index (κ2) is 8.84. The molecule has 7 atom stereocenters. The van der Waals surface area contributed by atoms with Gasteiger partial charge in [-0.2, -0.15) is 4.31 Å². The van der Waals surface area contributed by atoms with Gasteiger partial charge in [-0.25, -0.2) is 23.4 Å². The van der Waals surface area contributed by atoms with E-state index in [1.807, 2.05) is 6.92 Å². The molecule has 0 aliphatic carbocycles. The van der Waals surface area contributed by atoms with E-state index >= 15 is 0 Å². The highest BCUT2D eigenvalue weighted by Gasteiger charge is 2.44. The maximum Gasteiger partial charge on any atom is 0.488 e. The van der Waals surface area contributed by atoms with Crippen LogP contribution in [0, 0.1) is 18.8 Å². The predicted octanol–water partition coefficient (Wildman–Crippen LogP) is 1.66. The molecule has 2 aromatic rings. The zero-order valence-electron chi connectivity index (χ0n) is 17.4. The third-order valence-electron chi connectivity index (χ3n) is 4.87. The van der Waals surface area contributed by atoms with Crippen LogP contribution in [0.5, 0.6) is 0 Å². The number of rotatable bonds is 8. The highest BCUT2D eigenvalue weighted by molar-refractivity contribution is 7.68. The molecule has 1 saturated heterocycles. The van der Waals surface area contributed by atoms with Crippen LogP contribution in [0.4, 0.5) is 0 Å². The van der Waals surface area contributed by atoms with Gasteiger partial charge in [-0.15, -0.1) is 0 Å². The number of H-pyrrole nitrogens is 1. The third-order valence-corrected chi connectivity index (χ3v) is 9.03. The number of aromatic nitrogens is 4. The largest absolute Gasteiger partial charge is 0.488 e. The highest BCUT2D eigenvalue weighted by Crippen LogP contribution is 2.66. The molecule has 3 rings (SSSR count). The molecule has 3 unspecified atom stereocenters. The van der Waals surface area contributed by atoms with Gasteiger partial charge in [0.05, 0.1) is 19.0 Å². The molecular formula is C14H23N4O11P3. The van der Waals surface area contributed by atoms with E-state index in [2.05, 4.69) is 23.6 Å². The molecule has 1 aliphatic rings. The van der Waals surface area contributed by atoms with E-state index in [9.17, 15) is 28.3 Å². The number of aryl methyl sites for hydroxylation is 1. The van der Waals surface area contributed by atoms with Crippen LogP contribution in [-0.4, -0.2) is 53.6 Å². The Kier molecular flexibility index (Phi) is 7.01. The standard InChI is InChI=1S/C14H23N4O11P3/c1-7-8(2)14(18-6-15-11-12(18)16-9(3)17-13(11)19)27-10(7)5-26-31(22,23)29-32(24,25)28-30(4,20)21/h6-8,10,14H,5H2,1-4H3,(H,20,21)(H,22,23)(H,24,25)(H,16,17,19)/t7-,8+,10+,14+/m0/s1. The number of fused-ring (bicyclic) bond motifs is 1. The molecule has 0 spiro atoms. The lowest BCUT2D eigenvalue weighted by Gasteiger charge is -2.20. The quantitative estimate of drug-likeness (QED) is 0.368. The Labute approximate surface area is 181 Å². The molecule has 0 radical (unpaired) electrons. The normalized spacial score (nSPS) is 29.5. The fourth-order valence-electron chi connectivity index (χ4n) is 3.29. The zero-order valence-corrected chi connectivity index (χ0v) is 20.1. The number of aromatic amines is 1. The van der Waals surface area contributed by atoms with Crippen molar-refractivity contribution in [3.05, 3.63) is 22.5 Å². The molecular weight excluding hydrogens is 493 g/mol. The number of nitrogens with one attached hydrogen (secondary N) is 1. The Morgan fingerprint density at radius 3 is 2.44 bits per heavy atom. The number of hydrogen-bond acceptors (Lipinski definition) is 10. The lowest BCUT2D eigenvalue weighted by molar-refractivity contribution is -0.0331. The Morgan fingerprint density at radius 1 is 1.16 bits per heavy atom. The maximum absolute atomic E-state index is 12.1. The van der Waals surface area contributed by atoms with Crippen molar-refractivity contribution >= 4 is 34.4 Å². The summed E-state index contributed by atoms with van der Waals surface area (Å²) >= 11 is 0. The molecule has 4 N–H and O–H groups in total. The Balaban J connectivity index is 1.72. The van der Waals surface area contributed by atoms with Gasteiger partial charge in [-0.1, -0.05) is 13.8 Å². The van der Waals surface area contributed by atoms with Crippen molar-refractivity contribution < 1.29 is 46.3 Å². The first-order valence-corrected chi connectivity index (χ1v) is 14.2. The minimum absolute atomic E-state index is 0.128. The molecule has 0 amide bonds. The number of phosphoric acid groups is 2. The van der Waals surface area contributed by atoms with Gasteiger partial charge in [0.2, 0.25) is 0 Å². The number of ether oxygens (including phenoxy) is 1. The Hall–Kier alpha value is -1.24. The molecule has 15 nitrogen and oxygen atoms in total. The van der Waals surface area contributed by atoms with Crippen LogP contribution in [0.1, 0.15) is 25.9 Å². The summed E-state index contributed by atoms with van der Waals surface area (Å²) in [6.45, 7) is 5.35. The topological polar surface area (TPSA) is 212 Å². The average Bonchev–Trinajstić information content (AvgIpc) is 3.12. The number of hydrogen-bond donors (Lipinski definition) is 4. The minimum atomic E-state index is -5.36. The van der Waals surface area contributed by atoms with Crippen molar-refractivity contribution in [3.63, 3.8) is 0 Å². The van der Waals surface area contributed by atoms with E-state index < -0.39 is 47.7 Å². The summed E-state index contributed by atoms with van der Waals surface area (Å²) in [4.78, 5) is 51.1. The minimum Gasteiger partial charge on any atom is -0.352 e. The van der Waals surface area contributed by atoms with Crippen LogP contribution in [0.2, 0.25) is 0 Å². The van der Waals surface area contributed by atoms with Crippen molar-refractivity contribution in [2.24, 2.45) is 11.8 Å². The van der Waals surface area contributed by atoms with E-state index in [4.69, 9.17) is 14.2 Å². The Morgan fingerprint density at radius 2 is 1.81 bits per heavy atom. The molecule has 32 heavy (non-hydrogen) atoms. The van der Waals surface area contributed by atoms with Crippen LogP contribution in [0.3, 0.4) is 0 Å². The smallest absolute Gasteiger partial charge is 0.352 e. The van der Waals surface area contributed by atoms with Crippen LogP contribution < -0.4 is 5.56 Å². The van der Waals surface area contributed by atoms with Gasteiger partial charge in [0, 0.05) is 12.6 Å². The summed E-state index contributed by atoms with van der Waals surface area (Å²) in [5.74, 6) is -0.0172. The first-order chi connectivity index (χ1) is 14.6. The fraction of sp³-hybridized carbons (Fsp3) is 0.643. The van der Waals surface area contributed by atoms with Crippen LogP contribution in [0.25, 0.3) is 11.2 Å². The van der Waals surface area contributed by atoms with Gasteiger partial charge in [-0.05, 0) is 12.8 Å². The van der Waals surface area contributed by atoms with Gasteiger partial charge in [0.15, 0.2) is 11.2 Å². The van der Waals surface area contributed by atoms with E-state index in [1.54, 1.807) is 18.4 Å². The zero-order chi connectivity index (χ0) is 24.1. The fourth-order valence-corrected chi connectivity index (χ4v) is 6.77. The monoisotopic (exact) mass is 516 g/mol. The first kappa shape index (κ1) is 25.4. The first-order valence-electron chi connectivity index (χ1n) is 9.20. The Bertz CT molecular complexity index is 1210. The van der Waals surface area contributed by atoms with Crippen molar-refractivity contribution in [1.29, 1.82) is 0 Å². The van der Waals surface area contributed by atoms with Gasteiger partial charge in [0.25, 0.3) is 5.56 Å². The molecule has 0 saturated carbocycles. The van der Waals surface area contributed by atoms with Gasteiger partial charge in [0.1, 0.15) is 12.1 Å². The van der Waals surface area contributed by atoms with Crippen molar-refractivity contribution in [1.82, 2.24) is 19.5 Å². The molecule has 1 aliphatic heterocycles. The van der Waals surface area contributed by atoms with Crippen molar-refractivity contribution in [3.8, 4) is 0 Å². The predicted molar refractivity (Wildman–Crippen MR) is 109 cm³/mol. The van der Waals surface area contributed by atoms with Crippen LogP contribution in [0.15, 0.2) is 11.1 Å². The third kappa shape index (κ3) is 5.81. The van der Waals surface area contributed by atoms with E-state index in [1.165, 1.54) is 6.33 Å². The molecule has 3 heterocycles. The second-order valence-corrected chi connectivity index (χ2v) is 12.5. The number of imidazole rings is 1. The molecule has 1 fully saturated rings.